The van der Waals surface area contributed by atoms with Crippen molar-refractivity contribution >= 4 is 11.6 Å². The third-order valence-electron chi connectivity index (χ3n) is 5.15. The molecule has 0 bridgehead atoms. The number of ether oxygens (including phenoxy) is 2. The Morgan fingerprint density at radius 3 is 2.37 bits per heavy atom. The summed E-state index contributed by atoms with van der Waals surface area (Å²) in [6.45, 7) is 1.14. The van der Waals surface area contributed by atoms with Crippen LogP contribution in [-0.4, -0.2) is 69.2 Å². The van der Waals surface area contributed by atoms with Crippen LogP contribution in [0.25, 0.3) is 0 Å². The number of anilines is 1. The average molecular weight is 419 g/mol. The topological polar surface area (TPSA) is 45.2 Å². The molecule has 0 aliphatic carbocycles. The first-order valence-electron chi connectivity index (χ1n) is 9.84. The largest absolute Gasteiger partial charge is 0.495 e. The van der Waals surface area contributed by atoms with Gasteiger partial charge < -0.3 is 19.3 Å². The first kappa shape index (κ1) is 21.8. The molecule has 1 heterocycles. The molecule has 0 radical (unpaired) electrons. The third-order valence-corrected chi connectivity index (χ3v) is 5.15. The highest BCUT2D eigenvalue weighted by Gasteiger charge is 2.22. The van der Waals surface area contributed by atoms with Crippen LogP contribution in [-0.2, 0) is 11.3 Å². The molecule has 1 saturated heterocycles. The van der Waals surface area contributed by atoms with E-state index in [1.54, 1.807) is 31.2 Å². The fourth-order valence-electron chi connectivity index (χ4n) is 3.49. The van der Waals surface area contributed by atoms with E-state index in [2.05, 4.69) is 14.5 Å². The molecule has 0 unspecified atom stereocenters. The lowest BCUT2D eigenvalue weighted by atomic mass is 10.2. The lowest BCUT2D eigenvalue weighted by molar-refractivity contribution is -0.131. The van der Waals surface area contributed by atoms with Crippen LogP contribution in [0.2, 0.25) is 0 Å². The quantitative estimate of drug-likeness (QED) is 0.658. The normalized spacial score (nSPS) is 14.6. The summed E-state index contributed by atoms with van der Waals surface area (Å²) < 4.78 is 34.2. The van der Waals surface area contributed by atoms with Crippen LogP contribution in [0, 0.1) is 0 Å². The zero-order valence-corrected chi connectivity index (χ0v) is 17.3. The average Bonchev–Trinajstić information content (AvgIpc) is 2.75. The van der Waals surface area contributed by atoms with Gasteiger partial charge in [0, 0.05) is 39.8 Å². The van der Waals surface area contributed by atoms with Crippen LogP contribution in [0.15, 0.2) is 48.5 Å². The second-order valence-corrected chi connectivity index (χ2v) is 7.21. The van der Waals surface area contributed by atoms with Crippen molar-refractivity contribution in [3.8, 4) is 11.5 Å². The molecule has 1 fully saturated rings. The highest BCUT2D eigenvalue weighted by Crippen LogP contribution is 2.28. The highest BCUT2D eigenvalue weighted by molar-refractivity contribution is 5.78. The minimum atomic E-state index is -2.84. The zero-order chi connectivity index (χ0) is 21.5. The van der Waals surface area contributed by atoms with Crippen molar-refractivity contribution in [2.45, 2.75) is 13.2 Å². The number of rotatable bonds is 8. The molecule has 3 rings (SSSR count). The van der Waals surface area contributed by atoms with Gasteiger partial charge >= 0.3 is 6.61 Å². The van der Waals surface area contributed by atoms with Gasteiger partial charge in [-0.05, 0) is 29.8 Å². The number of alkyl halides is 2. The molecule has 30 heavy (non-hydrogen) atoms. The van der Waals surface area contributed by atoms with Crippen molar-refractivity contribution in [3.63, 3.8) is 0 Å². The molecule has 1 amide bonds. The maximum Gasteiger partial charge on any atom is 0.387 e. The maximum atomic E-state index is 12.6. The molecule has 8 heteroatoms. The summed E-state index contributed by atoms with van der Waals surface area (Å²) in [5.74, 6) is 0.982. The molecule has 0 N–H and O–H groups in total. The van der Waals surface area contributed by atoms with E-state index < -0.39 is 6.61 Å². The van der Waals surface area contributed by atoms with Crippen LogP contribution < -0.4 is 14.4 Å². The van der Waals surface area contributed by atoms with Gasteiger partial charge in [-0.15, -0.1) is 0 Å². The first-order valence-corrected chi connectivity index (χ1v) is 9.84. The maximum absolute atomic E-state index is 12.6. The van der Waals surface area contributed by atoms with E-state index in [4.69, 9.17) is 4.74 Å². The number of carbonyl (C=O) groups excluding carboxylic acids is 1. The summed E-state index contributed by atoms with van der Waals surface area (Å²) >= 11 is 0. The Balaban J connectivity index is 1.47. The minimum Gasteiger partial charge on any atom is -0.495 e. The SMILES string of the molecule is COc1ccccc1N1CCN(CC(=O)N(C)Cc2ccc(OC(F)F)cc2)CC1. The summed E-state index contributed by atoms with van der Waals surface area (Å²) in [5, 5.41) is 0. The van der Waals surface area contributed by atoms with Gasteiger partial charge in [-0.2, -0.15) is 8.78 Å². The Bertz CT molecular complexity index is 825. The van der Waals surface area contributed by atoms with Crippen LogP contribution in [0.3, 0.4) is 0 Å². The molecule has 1 aliphatic rings. The molecular formula is C22H27F2N3O3. The lowest BCUT2D eigenvalue weighted by Crippen LogP contribution is -2.49. The van der Waals surface area contributed by atoms with Crippen LogP contribution in [0.5, 0.6) is 11.5 Å². The molecule has 6 nitrogen and oxygen atoms in total. The van der Waals surface area contributed by atoms with E-state index in [1.165, 1.54) is 12.1 Å². The predicted molar refractivity (Wildman–Crippen MR) is 111 cm³/mol. The Labute approximate surface area is 175 Å². The number of para-hydroxylation sites is 2. The van der Waals surface area contributed by atoms with E-state index in [0.717, 1.165) is 43.2 Å². The first-order chi connectivity index (χ1) is 14.5. The van der Waals surface area contributed by atoms with Gasteiger partial charge in [0.05, 0.1) is 19.3 Å². The standard InChI is InChI=1S/C22H27F2N3O3/c1-25(15-17-7-9-18(10-8-17)30-22(23)24)21(28)16-26-11-13-27(14-12-26)19-5-3-4-6-20(19)29-2/h3-10,22H,11-16H2,1-2H3. The molecule has 0 spiro atoms. The Morgan fingerprint density at radius 2 is 1.73 bits per heavy atom. The van der Waals surface area contributed by atoms with Gasteiger partial charge in [0.15, 0.2) is 0 Å². The molecular weight excluding hydrogens is 392 g/mol. The van der Waals surface area contributed by atoms with Crippen molar-refractivity contribution in [2.75, 3.05) is 51.8 Å². The van der Waals surface area contributed by atoms with Gasteiger partial charge in [-0.1, -0.05) is 24.3 Å². The highest BCUT2D eigenvalue weighted by atomic mass is 19.3. The molecule has 0 atom stereocenters. The molecule has 162 valence electrons. The Hall–Kier alpha value is -2.87. The number of hydrogen-bond donors (Lipinski definition) is 0. The number of halogens is 2. The number of methoxy groups -OCH3 is 1. The number of benzene rings is 2. The second-order valence-electron chi connectivity index (χ2n) is 7.21. The van der Waals surface area contributed by atoms with E-state index in [0.29, 0.717) is 13.1 Å². The van der Waals surface area contributed by atoms with Gasteiger partial charge in [0.25, 0.3) is 0 Å². The van der Waals surface area contributed by atoms with Crippen molar-refractivity contribution in [2.24, 2.45) is 0 Å². The van der Waals surface area contributed by atoms with E-state index in [-0.39, 0.29) is 11.7 Å². The fourth-order valence-corrected chi connectivity index (χ4v) is 3.49. The van der Waals surface area contributed by atoms with Crippen LogP contribution in [0.4, 0.5) is 14.5 Å². The van der Waals surface area contributed by atoms with Crippen LogP contribution in [0.1, 0.15) is 5.56 Å². The predicted octanol–water partition coefficient (Wildman–Crippen LogP) is 3.08. The summed E-state index contributed by atoms with van der Waals surface area (Å²) in [4.78, 5) is 18.7. The molecule has 2 aromatic carbocycles. The van der Waals surface area contributed by atoms with Gasteiger partial charge in [-0.3, -0.25) is 9.69 Å². The van der Waals surface area contributed by atoms with Gasteiger partial charge in [0.2, 0.25) is 5.91 Å². The van der Waals surface area contributed by atoms with Gasteiger partial charge in [-0.25, -0.2) is 0 Å². The number of amides is 1. The van der Waals surface area contributed by atoms with E-state index >= 15 is 0 Å². The van der Waals surface area contributed by atoms with Crippen molar-refractivity contribution in [1.29, 1.82) is 0 Å². The second kappa shape index (κ2) is 10.2. The number of piperazine rings is 1. The number of likely N-dealkylation sites (N-methyl/N-ethyl adjacent to an activating group) is 1. The molecule has 1 aliphatic heterocycles. The molecule has 0 saturated carbocycles. The van der Waals surface area contributed by atoms with Crippen molar-refractivity contribution < 1.29 is 23.0 Å². The van der Waals surface area contributed by atoms with E-state index in [1.807, 2.05) is 24.3 Å². The molecule has 0 aromatic heterocycles. The molecule has 2 aromatic rings. The summed E-state index contributed by atoms with van der Waals surface area (Å²) in [6, 6.07) is 14.3. The number of hydrogen-bond acceptors (Lipinski definition) is 5. The summed E-state index contributed by atoms with van der Waals surface area (Å²) in [5.41, 5.74) is 1.93. The number of nitrogens with zero attached hydrogens (tertiary/aromatic N) is 3. The fraction of sp³-hybridized carbons (Fsp3) is 0.409. The zero-order valence-electron chi connectivity index (χ0n) is 17.3. The van der Waals surface area contributed by atoms with Crippen molar-refractivity contribution in [1.82, 2.24) is 9.80 Å². The van der Waals surface area contributed by atoms with Gasteiger partial charge in [0.1, 0.15) is 11.5 Å². The number of carbonyl (C=O) groups is 1. The lowest BCUT2D eigenvalue weighted by Gasteiger charge is -2.36. The summed E-state index contributed by atoms with van der Waals surface area (Å²) in [6.07, 6.45) is 0. The smallest absolute Gasteiger partial charge is 0.387 e. The van der Waals surface area contributed by atoms with E-state index in [9.17, 15) is 13.6 Å². The Kier molecular flexibility index (Phi) is 7.46. The van der Waals surface area contributed by atoms with Crippen molar-refractivity contribution in [3.05, 3.63) is 54.1 Å². The minimum absolute atomic E-state index is 0.0219. The van der Waals surface area contributed by atoms with Crippen LogP contribution >= 0.6 is 0 Å². The summed E-state index contributed by atoms with van der Waals surface area (Å²) in [7, 11) is 3.42. The third kappa shape index (κ3) is 5.82. The monoisotopic (exact) mass is 419 g/mol. The Morgan fingerprint density at radius 1 is 1.07 bits per heavy atom.